The van der Waals surface area contributed by atoms with Gasteiger partial charge in [-0.25, -0.2) is 0 Å². The smallest absolute Gasteiger partial charge is 0.282 e. The summed E-state index contributed by atoms with van der Waals surface area (Å²) in [6, 6.07) is 1.68. The minimum atomic E-state index is -0.442. The number of aromatic nitrogens is 2. The van der Waals surface area contributed by atoms with Crippen LogP contribution in [0.1, 0.15) is 0 Å². The molecule has 0 saturated carbocycles. The van der Waals surface area contributed by atoms with Crippen molar-refractivity contribution in [2.75, 3.05) is 0 Å². The molecule has 48 valence electrons. The number of aromatic amines is 1. The molecule has 0 bridgehead atoms. The van der Waals surface area contributed by atoms with E-state index < -0.39 is 5.24 Å². The number of nitrogens with zero attached hydrogens (tertiary/aromatic N) is 1. The van der Waals surface area contributed by atoms with Crippen molar-refractivity contribution in [3.63, 3.8) is 0 Å². The number of carbonyl (C=O) groups is 1. The quantitative estimate of drug-likeness (QED) is 0.565. The first-order chi connectivity index (χ1) is 4.29. The molecule has 0 unspecified atom stereocenters. The Bertz CT molecular complexity index is 196. The van der Waals surface area contributed by atoms with E-state index in [4.69, 9.17) is 5.73 Å². The second kappa shape index (κ2) is 2.54. The van der Waals surface area contributed by atoms with Crippen LogP contribution in [-0.2, 0) is 0 Å². The van der Waals surface area contributed by atoms with Gasteiger partial charge in [-0.05, 0) is 17.8 Å². The third-order valence-corrected chi connectivity index (χ3v) is 1.32. The van der Waals surface area contributed by atoms with Crippen LogP contribution in [0.5, 0.6) is 0 Å². The van der Waals surface area contributed by atoms with E-state index in [1.54, 1.807) is 12.3 Å². The molecular weight excluding hydrogens is 138 g/mol. The minimum Gasteiger partial charge on any atom is -0.360 e. The van der Waals surface area contributed by atoms with Crippen molar-refractivity contribution in [3.8, 4) is 0 Å². The molecule has 0 aliphatic rings. The summed E-state index contributed by atoms with van der Waals surface area (Å²) in [6.45, 7) is 0. The Kier molecular flexibility index (Phi) is 1.74. The molecule has 4 nitrogen and oxygen atoms in total. The van der Waals surface area contributed by atoms with E-state index in [-0.39, 0.29) is 0 Å². The first-order valence-corrected chi connectivity index (χ1v) is 3.08. The Morgan fingerprint density at radius 3 is 3.11 bits per heavy atom. The molecule has 0 radical (unpaired) electrons. The SMILES string of the molecule is NC(=O)Sc1cc[nH]n1. The first kappa shape index (κ1) is 6.15. The molecular formula is C4H5N3OS. The third kappa shape index (κ3) is 1.77. The summed E-state index contributed by atoms with van der Waals surface area (Å²) in [4.78, 5) is 10.2. The molecule has 1 amide bonds. The molecule has 1 heterocycles. The van der Waals surface area contributed by atoms with Crippen LogP contribution in [0.3, 0.4) is 0 Å². The van der Waals surface area contributed by atoms with Crippen LogP contribution in [0, 0.1) is 0 Å². The zero-order valence-corrected chi connectivity index (χ0v) is 5.31. The van der Waals surface area contributed by atoms with E-state index in [0.717, 1.165) is 11.8 Å². The number of rotatable bonds is 1. The fraction of sp³-hybridized carbons (Fsp3) is 0. The molecule has 5 heteroatoms. The molecule has 1 rings (SSSR count). The number of thioether (sulfide) groups is 1. The highest BCUT2D eigenvalue weighted by Crippen LogP contribution is 2.11. The van der Waals surface area contributed by atoms with Gasteiger partial charge >= 0.3 is 0 Å². The lowest BCUT2D eigenvalue weighted by molar-refractivity contribution is 0.267. The second-order valence-corrected chi connectivity index (χ2v) is 2.36. The minimum absolute atomic E-state index is 0.442. The number of hydrogen-bond donors (Lipinski definition) is 2. The molecule has 0 aromatic carbocycles. The van der Waals surface area contributed by atoms with Gasteiger partial charge in [0.15, 0.2) is 0 Å². The highest BCUT2D eigenvalue weighted by atomic mass is 32.2. The highest BCUT2D eigenvalue weighted by molar-refractivity contribution is 8.13. The lowest BCUT2D eigenvalue weighted by atomic mass is 10.8. The molecule has 0 atom stereocenters. The monoisotopic (exact) mass is 143 g/mol. The number of carbonyl (C=O) groups excluding carboxylic acids is 1. The zero-order chi connectivity index (χ0) is 6.69. The maximum atomic E-state index is 10.2. The van der Waals surface area contributed by atoms with Gasteiger partial charge in [0.1, 0.15) is 5.03 Å². The Balaban J connectivity index is 2.58. The number of primary amides is 1. The van der Waals surface area contributed by atoms with Crippen molar-refractivity contribution < 1.29 is 4.79 Å². The number of nitrogens with two attached hydrogens (primary N) is 1. The average molecular weight is 143 g/mol. The lowest BCUT2D eigenvalue weighted by Crippen LogP contribution is -2.01. The molecule has 0 spiro atoms. The van der Waals surface area contributed by atoms with Crippen LogP contribution in [0.25, 0.3) is 0 Å². The lowest BCUT2D eigenvalue weighted by Gasteiger charge is -1.84. The van der Waals surface area contributed by atoms with Gasteiger partial charge in [0.25, 0.3) is 5.24 Å². The van der Waals surface area contributed by atoms with Crippen LogP contribution in [0.2, 0.25) is 0 Å². The Labute approximate surface area is 55.8 Å². The highest BCUT2D eigenvalue weighted by Gasteiger charge is 1.98. The van der Waals surface area contributed by atoms with E-state index >= 15 is 0 Å². The Hall–Kier alpha value is -0.970. The number of nitrogens with one attached hydrogen (secondary N) is 1. The molecule has 0 aliphatic carbocycles. The average Bonchev–Trinajstić information content (AvgIpc) is 2.15. The summed E-state index contributed by atoms with van der Waals surface area (Å²) < 4.78 is 0. The van der Waals surface area contributed by atoms with Crippen LogP contribution in [-0.4, -0.2) is 15.4 Å². The van der Waals surface area contributed by atoms with Crippen molar-refractivity contribution in [1.29, 1.82) is 0 Å². The fourth-order valence-electron chi connectivity index (χ4n) is 0.407. The van der Waals surface area contributed by atoms with Crippen LogP contribution < -0.4 is 5.73 Å². The predicted octanol–water partition coefficient (Wildman–Crippen LogP) is 0.581. The van der Waals surface area contributed by atoms with Crippen molar-refractivity contribution in [3.05, 3.63) is 12.3 Å². The predicted molar refractivity (Wildman–Crippen MR) is 34.0 cm³/mol. The first-order valence-electron chi connectivity index (χ1n) is 2.26. The largest absolute Gasteiger partial charge is 0.360 e. The topological polar surface area (TPSA) is 71.8 Å². The Morgan fingerprint density at radius 2 is 2.67 bits per heavy atom. The normalized spacial score (nSPS) is 9.33. The zero-order valence-electron chi connectivity index (χ0n) is 4.50. The molecule has 3 N–H and O–H groups in total. The summed E-state index contributed by atoms with van der Waals surface area (Å²) >= 11 is 0.902. The molecule has 0 fully saturated rings. The van der Waals surface area contributed by atoms with E-state index in [1.165, 1.54) is 0 Å². The van der Waals surface area contributed by atoms with Gasteiger partial charge in [0.05, 0.1) is 0 Å². The number of hydrogen-bond acceptors (Lipinski definition) is 3. The van der Waals surface area contributed by atoms with E-state index in [0.29, 0.717) is 5.03 Å². The van der Waals surface area contributed by atoms with Crippen molar-refractivity contribution in [1.82, 2.24) is 10.2 Å². The third-order valence-electron chi connectivity index (χ3n) is 0.680. The maximum absolute atomic E-state index is 10.2. The van der Waals surface area contributed by atoms with Gasteiger partial charge in [-0.3, -0.25) is 9.89 Å². The maximum Gasteiger partial charge on any atom is 0.282 e. The van der Waals surface area contributed by atoms with Gasteiger partial charge < -0.3 is 5.73 Å². The van der Waals surface area contributed by atoms with Crippen LogP contribution in [0.15, 0.2) is 17.3 Å². The molecule has 9 heavy (non-hydrogen) atoms. The number of H-pyrrole nitrogens is 1. The van der Waals surface area contributed by atoms with Crippen LogP contribution >= 0.6 is 11.8 Å². The second-order valence-electron chi connectivity index (χ2n) is 1.33. The van der Waals surface area contributed by atoms with E-state index in [1.807, 2.05) is 0 Å². The van der Waals surface area contributed by atoms with Crippen molar-refractivity contribution in [2.45, 2.75) is 5.03 Å². The van der Waals surface area contributed by atoms with E-state index in [2.05, 4.69) is 10.2 Å². The summed E-state index contributed by atoms with van der Waals surface area (Å²) in [5.74, 6) is 0. The van der Waals surface area contributed by atoms with Gasteiger partial charge in [-0.1, -0.05) is 0 Å². The van der Waals surface area contributed by atoms with E-state index in [9.17, 15) is 4.79 Å². The van der Waals surface area contributed by atoms with Gasteiger partial charge in [0, 0.05) is 6.20 Å². The van der Waals surface area contributed by atoms with Gasteiger partial charge in [-0.2, -0.15) is 5.10 Å². The summed E-state index contributed by atoms with van der Waals surface area (Å²) in [6.07, 6.45) is 1.63. The molecule has 0 aliphatic heterocycles. The number of amides is 1. The fourth-order valence-corrected chi connectivity index (χ4v) is 0.847. The molecule has 0 saturated heterocycles. The van der Waals surface area contributed by atoms with Gasteiger partial charge in [-0.15, -0.1) is 0 Å². The molecule has 1 aromatic heterocycles. The summed E-state index contributed by atoms with van der Waals surface area (Å²) in [7, 11) is 0. The van der Waals surface area contributed by atoms with Crippen LogP contribution in [0.4, 0.5) is 4.79 Å². The molecule has 1 aromatic rings. The summed E-state index contributed by atoms with van der Waals surface area (Å²) in [5.41, 5.74) is 4.85. The van der Waals surface area contributed by atoms with Crippen molar-refractivity contribution >= 4 is 17.0 Å². The Morgan fingerprint density at radius 1 is 1.89 bits per heavy atom. The standard InChI is InChI=1S/C4H5N3OS/c5-4(8)9-3-1-2-6-7-3/h1-2H,(H2,5,8)(H,6,7). The summed E-state index contributed by atoms with van der Waals surface area (Å²) in [5, 5.41) is 6.41. The van der Waals surface area contributed by atoms with Crippen molar-refractivity contribution in [2.24, 2.45) is 5.73 Å². The van der Waals surface area contributed by atoms with Gasteiger partial charge in [0.2, 0.25) is 0 Å².